The Labute approximate surface area is 123 Å². The molecule has 0 amide bonds. The van der Waals surface area contributed by atoms with Gasteiger partial charge in [0.2, 0.25) is 5.95 Å². The molecule has 2 heterocycles. The lowest BCUT2D eigenvalue weighted by atomic mass is 10.4. The van der Waals surface area contributed by atoms with E-state index >= 15 is 0 Å². The fourth-order valence-corrected chi connectivity index (χ4v) is 2.27. The van der Waals surface area contributed by atoms with Crippen LogP contribution in [0.5, 0.6) is 0 Å². The highest BCUT2D eigenvalue weighted by atomic mass is 32.2. The number of aromatic nitrogens is 5. The fourth-order valence-electron chi connectivity index (χ4n) is 1.43. The van der Waals surface area contributed by atoms with Crippen molar-refractivity contribution in [3.63, 3.8) is 0 Å². The van der Waals surface area contributed by atoms with Gasteiger partial charge in [0.05, 0.1) is 0 Å². The molecule has 10 heteroatoms. The molecule has 0 radical (unpaired) electrons. The van der Waals surface area contributed by atoms with E-state index in [1.165, 1.54) is 0 Å². The number of alkyl halides is 3. The van der Waals surface area contributed by atoms with Crippen LogP contribution in [0.15, 0.2) is 16.2 Å². The predicted octanol–water partition coefficient (Wildman–Crippen LogP) is 2.52. The zero-order chi connectivity index (χ0) is 15.6. The zero-order valence-electron chi connectivity index (χ0n) is 11.6. The monoisotopic (exact) mass is 318 g/mol. The molecule has 0 aliphatic carbocycles. The van der Waals surface area contributed by atoms with E-state index in [0.717, 1.165) is 17.8 Å². The number of halogens is 3. The van der Waals surface area contributed by atoms with Crippen LogP contribution < -0.4 is 5.32 Å². The lowest BCUT2D eigenvalue weighted by Gasteiger charge is -2.10. The van der Waals surface area contributed by atoms with Crippen LogP contribution in [0, 0.1) is 6.92 Å². The Morgan fingerprint density at radius 1 is 1.29 bits per heavy atom. The van der Waals surface area contributed by atoms with Crippen LogP contribution in [0.3, 0.4) is 0 Å². The molecule has 0 fully saturated rings. The highest BCUT2D eigenvalue weighted by Crippen LogP contribution is 2.32. The molecule has 2 aromatic heterocycles. The maximum absolute atomic E-state index is 12.8. The van der Waals surface area contributed by atoms with Crippen LogP contribution in [0.25, 0.3) is 0 Å². The first-order valence-corrected chi connectivity index (χ1v) is 6.87. The summed E-state index contributed by atoms with van der Waals surface area (Å²) in [5, 5.41) is 11.0. The maximum atomic E-state index is 12.8. The third-order valence-corrected chi connectivity index (χ3v) is 3.53. The van der Waals surface area contributed by atoms with Gasteiger partial charge in [-0.15, -0.1) is 10.2 Å². The van der Waals surface area contributed by atoms with Gasteiger partial charge in [0.1, 0.15) is 10.9 Å². The molecule has 6 nitrogen and oxygen atoms in total. The van der Waals surface area contributed by atoms with Gasteiger partial charge in [-0.2, -0.15) is 13.2 Å². The summed E-state index contributed by atoms with van der Waals surface area (Å²) in [5.74, 6) is 0.600. The Kier molecular flexibility index (Phi) is 4.35. The number of rotatable bonds is 4. The second-order valence-corrected chi connectivity index (χ2v) is 5.12. The van der Waals surface area contributed by atoms with E-state index in [0.29, 0.717) is 17.5 Å². The molecular weight excluding hydrogens is 305 g/mol. The van der Waals surface area contributed by atoms with E-state index in [9.17, 15) is 13.2 Å². The minimum Gasteiger partial charge on any atom is -0.354 e. The Bertz CT molecular complexity index is 639. The summed E-state index contributed by atoms with van der Waals surface area (Å²) in [6.45, 7) is 3.93. The van der Waals surface area contributed by atoms with Crippen molar-refractivity contribution in [2.24, 2.45) is 7.05 Å². The molecule has 0 aromatic carbocycles. The Morgan fingerprint density at radius 3 is 2.52 bits per heavy atom. The van der Waals surface area contributed by atoms with E-state index in [1.807, 2.05) is 0 Å². The van der Waals surface area contributed by atoms with Crippen molar-refractivity contribution in [3.8, 4) is 0 Å². The SMILES string of the molecule is CCNc1nc(Sc2nnc(C)n2C)cc(C(F)(F)F)n1. The summed E-state index contributed by atoms with van der Waals surface area (Å²) < 4.78 is 40.2. The number of aryl methyl sites for hydroxylation is 1. The van der Waals surface area contributed by atoms with Crippen LogP contribution in [0.1, 0.15) is 18.4 Å². The molecule has 1 N–H and O–H groups in total. The van der Waals surface area contributed by atoms with Crippen molar-refractivity contribution in [2.45, 2.75) is 30.2 Å². The van der Waals surface area contributed by atoms with Crippen LogP contribution in [0.4, 0.5) is 19.1 Å². The summed E-state index contributed by atoms with van der Waals surface area (Å²) in [6, 6.07) is 0.898. The molecule has 0 atom stereocenters. The van der Waals surface area contributed by atoms with Crippen LogP contribution in [-0.2, 0) is 13.2 Å². The van der Waals surface area contributed by atoms with Gasteiger partial charge in [-0.05, 0) is 25.6 Å². The van der Waals surface area contributed by atoms with Crippen molar-refractivity contribution in [1.82, 2.24) is 24.7 Å². The summed E-state index contributed by atoms with van der Waals surface area (Å²) in [4.78, 5) is 7.50. The molecule has 0 saturated heterocycles. The highest BCUT2D eigenvalue weighted by molar-refractivity contribution is 7.99. The average molecular weight is 318 g/mol. The smallest absolute Gasteiger partial charge is 0.354 e. The van der Waals surface area contributed by atoms with Gasteiger partial charge < -0.3 is 9.88 Å². The fraction of sp³-hybridized carbons (Fsp3) is 0.455. The second kappa shape index (κ2) is 5.88. The van der Waals surface area contributed by atoms with E-state index in [1.54, 1.807) is 25.5 Å². The quantitative estimate of drug-likeness (QED) is 0.874. The molecule has 2 aromatic rings. The standard InChI is InChI=1S/C11H13F3N6S/c1-4-15-9-16-7(11(12,13)14)5-8(17-9)21-10-19-18-6(2)20(10)3/h5H,4H2,1-3H3,(H,15,16,17). The maximum Gasteiger partial charge on any atom is 0.433 e. The van der Waals surface area contributed by atoms with Crippen molar-refractivity contribution in [3.05, 3.63) is 17.6 Å². The predicted molar refractivity (Wildman–Crippen MR) is 71.1 cm³/mol. The average Bonchev–Trinajstić information content (AvgIpc) is 2.70. The zero-order valence-corrected chi connectivity index (χ0v) is 12.4. The third-order valence-electron chi connectivity index (χ3n) is 2.58. The first-order chi connectivity index (χ1) is 9.81. The summed E-state index contributed by atoms with van der Waals surface area (Å²) >= 11 is 1.00. The Balaban J connectivity index is 2.38. The highest BCUT2D eigenvalue weighted by Gasteiger charge is 2.34. The number of nitrogens with zero attached hydrogens (tertiary/aromatic N) is 5. The molecule has 0 unspecified atom stereocenters. The van der Waals surface area contributed by atoms with Gasteiger partial charge >= 0.3 is 6.18 Å². The largest absolute Gasteiger partial charge is 0.433 e. The van der Waals surface area contributed by atoms with E-state index in [4.69, 9.17) is 0 Å². The summed E-state index contributed by atoms with van der Waals surface area (Å²) in [5.41, 5.74) is -0.991. The first kappa shape index (κ1) is 15.5. The second-order valence-electron chi connectivity index (χ2n) is 4.13. The molecule has 0 aliphatic heterocycles. The lowest BCUT2D eigenvalue weighted by Crippen LogP contribution is -2.12. The normalized spacial score (nSPS) is 11.7. The molecular formula is C11H13F3N6S. The Hall–Kier alpha value is -1.84. The minimum absolute atomic E-state index is 0.0614. The van der Waals surface area contributed by atoms with Crippen LogP contribution >= 0.6 is 11.8 Å². The molecule has 21 heavy (non-hydrogen) atoms. The van der Waals surface area contributed by atoms with Crippen molar-refractivity contribution in [1.29, 1.82) is 0 Å². The lowest BCUT2D eigenvalue weighted by molar-refractivity contribution is -0.141. The minimum atomic E-state index is -4.53. The molecule has 0 saturated carbocycles. The Morgan fingerprint density at radius 2 is 2.00 bits per heavy atom. The van der Waals surface area contributed by atoms with Gasteiger partial charge in [-0.3, -0.25) is 0 Å². The van der Waals surface area contributed by atoms with Crippen LogP contribution in [-0.4, -0.2) is 31.3 Å². The van der Waals surface area contributed by atoms with Gasteiger partial charge in [-0.25, -0.2) is 9.97 Å². The van der Waals surface area contributed by atoms with E-state index < -0.39 is 11.9 Å². The molecule has 114 valence electrons. The third kappa shape index (κ3) is 3.63. The van der Waals surface area contributed by atoms with Gasteiger partial charge in [-0.1, -0.05) is 0 Å². The molecule has 2 rings (SSSR count). The first-order valence-electron chi connectivity index (χ1n) is 6.05. The molecule has 0 bridgehead atoms. The number of hydrogen-bond donors (Lipinski definition) is 1. The van der Waals surface area contributed by atoms with Crippen molar-refractivity contribution in [2.75, 3.05) is 11.9 Å². The van der Waals surface area contributed by atoms with Gasteiger partial charge in [0, 0.05) is 19.7 Å². The molecule has 0 aliphatic rings. The molecule has 0 spiro atoms. The number of nitrogens with one attached hydrogen (secondary N) is 1. The van der Waals surface area contributed by atoms with Gasteiger partial charge in [0.15, 0.2) is 10.9 Å². The summed E-state index contributed by atoms with van der Waals surface area (Å²) in [6.07, 6.45) is -4.53. The number of anilines is 1. The number of hydrogen-bond acceptors (Lipinski definition) is 6. The topological polar surface area (TPSA) is 68.5 Å². The van der Waals surface area contributed by atoms with E-state index in [2.05, 4.69) is 25.5 Å². The van der Waals surface area contributed by atoms with Crippen LogP contribution in [0.2, 0.25) is 0 Å². The van der Waals surface area contributed by atoms with E-state index in [-0.39, 0.29) is 11.0 Å². The summed E-state index contributed by atoms with van der Waals surface area (Å²) in [7, 11) is 1.73. The van der Waals surface area contributed by atoms with Crippen molar-refractivity contribution >= 4 is 17.7 Å². The van der Waals surface area contributed by atoms with Crippen molar-refractivity contribution < 1.29 is 13.2 Å². The van der Waals surface area contributed by atoms with Gasteiger partial charge in [0.25, 0.3) is 0 Å².